The van der Waals surface area contributed by atoms with Gasteiger partial charge >= 0.3 is 6.01 Å². The maximum Gasteiger partial charge on any atom is 0.322 e. The first kappa shape index (κ1) is 18.7. The van der Waals surface area contributed by atoms with Gasteiger partial charge in [-0.3, -0.25) is 0 Å². The molecule has 0 spiro atoms. The summed E-state index contributed by atoms with van der Waals surface area (Å²) >= 11 is 0. The van der Waals surface area contributed by atoms with Crippen molar-refractivity contribution in [1.82, 2.24) is 14.8 Å². The average molecular weight is 375 g/mol. The second-order valence-corrected chi connectivity index (χ2v) is 5.56. The Labute approximate surface area is 156 Å². The summed E-state index contributed by atoms with van der Waals surface area (Å²) in [4.78, 5) is 0. The summed E-state index contributed by atoms with van der Waals surface area (Å²) in [5.74, 6) is 2.67. The van der Waals surface area contributed by atoms with Gasteiger partial charge in [-0.15, -0.1) is 5.10 Å². The van der Waals surface area contributed by atoms with Crippen molar-refractivity contribution in [2.45, 2.75) is 13.2 Å². The molecule has 144 valence electrons. The maximum absolute atomic E-state index is 9.64. The molecule has 9 heteroatoms. The zero-order valence-corrected chi connectivity index (χ0v) is 15.5. The number of methoxy groups -OCH3 is 3. The molecule has 9 nitrogen and oxygen atoms in total. The fourth-order valence-corrected chi connectivity index (χ4v) is 2.55. The molecule has 0 saturated carbocycles. The number of para-hydroxylation sites is 1. The van der Waals surface area contributed by atoms with Gasteiger partial charge in [-0.2, -0.15) is 0 Å². The fraction of sp³-hybridized carbons (Fsp3) is 0.333. The van der Waals surface area contributed by atoms with E-state index in [4.69, 9.17) is 23.4 Å². The molecule has 1 N–H and O–H groups in total. The van der Waals surface area contributed by atoms with Gasteiger partial charge in [0.05, 0.1) is 14.2 Å². The van der Waals surface area contributed by atoms with Crippen LogP contribution in [0.2, 0.25) is 0 Å². The number of rotatable bonds is 8. The molecule has 2 aromatic heterocycles. The van der Waals surface area contributed by atoms with Crippen LogP contribution in [0.5, 0.6) is 17.5 Å². The van der Waals surface area contributed by atoms with Gasteiger partial charge < -0.3 is 28.5 Å². The number of ether oxygens (including phenoxy) is 4. The zero-order valence-electron chi connectivity index (χ0n) is 15.5. The van der Waals surface area contributed by atoms with E-state index in [2.05, 4.69) is 10.2 Å². The molecule has 0 aliphatic carbocycles. The zero-order chi connectivity index (χ0) is 19.4. The summed E-state index contributed by atoms with van der Waals surface area (Å²) in [7, 11) is 4.47. The monoisotopic (exact) mass is 375 g/mol. The maximum atomic E-state index is 9.64. The number of aliphatic hydroxyl groups excluding tert-OH is 1. The molecule has 1 aromatic carbocycles. The predicted molar refractivity (Wildman–Crippen MR) is 95.4 cm³/mol. The lowest BCUT2D eigenvalue weighted by atomic mass is 10.2. The lowest BCUT2D eigenvalue weighted by Gasteiger charge is -2.17. The van der Waals surface area contributed by atoms with E-state index >= 15 is 0 Å². The van der Waals surface area contributed by atoms with Gasteiger partial charge in [0.15, 0.2) is 12.1 Å². The Morgan fingerprint density at radius 2 is 1.78 bits per heavy atom. The minimum atomic E-state index is -1.11. The van der Waals surface area contributed by atoms with Crippen LogP contribution < -0.4 is 14.2 Å². The topological polar surface area (TPSA) is 101 Å². The molecule has 0 bridgehead atoms. The first-order chi connectivity index (χ1) is 13.1. The van der Waals surface area contributed by atoms with Crippen LogP contribution in [-0.4, -0.2) is 54.1 Å². The Kier molecular flexibility index (Phi) is 5.63. The van der Waals surface area contributed by atoms with E-state index in [0.29, 0.717) is 28.8 Å². The van der Waals surface area contributed by atoms with Crippen LogP contribution >= 0.6 is 0 Å². The lowest BCUT2D eigenvalue weighted by molar-refractivity contribution is -0.0983. The summed E-state index contributed by atoms with van der Waals surface area (Å²) in [6, 6.07) is 9.09. The van der Waals surface area contributed by atoms with Crippen LogP contribution in [-0.2, 0) is 4.74 Å². The molecular weight excluding hydrogens is 354 g/mol. The normalized spacial score (nSPS) is 12.0. The van der Waals surface area contributed by atoms with E-state index in [0.717, 1.165) is 5.76 Å². The number of aromatic nitrogens is 3. The van der Waals surface area contributed by atoms with Crippen molar-refractivity contribution in [2.75, 3.05) is 27.9 Å². The molecule has 1 atom stereocenters. The Hall–Kier alpha value is -3.04. The number of benzene rings is 1. The Bertz CT molecular complexity index is 882. The highest BCUT2D eigenvalue weighted by Crippen LogP contribution is 2.38. The molecule has 0 radical (unpaired) electrons. The van der Waals surface area contributed by atoms with Crippen LogP contribution in [0, 0.1) is 6.92 Å². The van der Waals surface area contributed by atoms with E-state index in [1.807, 2.05) is 13.0 Å². The van der Waals surface area contributed by atoms with Crippen molar-refractivity contribution in [1.29, 1.82) is 0 Å². The molecule has 0 fully saturated rings. The van der Waals surface area contributed by atoms with E-state index in [1.165, 1.54) is 7.11 Å². The Morgan fingerprint density at radius 1 is 1.07 bits per heavy atom. The molecular formula is C18H21N3O6. The number of hydrogen-bond acceptors (Lipinski definition) is 8. The molecule has 0 aliphatic heterocycles. The summed E-state index contributed by atoms with van der Waals surface area (Å²) in [5, 5.41) is 17.9. The predicted octanol–water partition coefficient (Wildman–Crippen LogP) is 2.20. The second-order valence-electron chi connectivity index (χ2n) is 5.56. The van der Waals surface area contributed by atoms with Crippen LogP contribution in [0.3, 0.4) is 0 Å². The van der Waals surface area contributed by atoms with E-state index in [-0.39, 0.29) is 12.6 Å². The number of nitrogens with zero attached hydrogens (tertiary/aromatic N) is 3. The summed E-state index contributed by atoms with van der Waals surface area (Å²) < 4.78 is 28.7. The van der Waals surface area contributed by atoms with Crippen molar-refractivity contribution >= 4 is 0 Å². The third-order valence-electron chi connectivity index (χ3n) is 3.85. The summed E-state index contributed by atoms with van der Waals surface area (Å²) in [6.45, 7) is 1.70. The highest BCUT2D eigenvalue weighted by Gasteiger charge is 2.25. The van der Waals surface area contributed by atoms with Gasteiger partial charge in [0, 0.05) is 7.11 Å². The van der Waals surface area contributed by atoms with Crippen LogP contribution in [0.1, 0.15) is 5.76 Å². The second kappa shape index (κ2) is 8.11. The number of aryl methyl sites for hydroxylation is 1. The molecule has 27 heavy (non-hydrogen) atoms. The first-order valence-electron chi connectivity index (χ1n) is 8.16. The minimum Gasteiger partial charge on any atom is -0.494 e. The van der Waals surface area contributed by atoms with Crippen LogP contribution in [0.15, 0.2) is 34.7 Å². The van der Waals surface area contributed by atoms with Gasteiger partial charge in [0.25, 0.3) is 0 Å². The smallest absolute Gasteiger partial charge is 0.322 e. The Balaban J connectivity index is 2.18. The SMILES string of the molecule is COc1cccc(OC)c1-n1c(OCC(O)OC)nnc1-c1ccc(C)o1. The number of aliphatic hydroxyl groups is 1. The van der Waals surface area contributed by atoms with Crippen molar-refractivity contribution in [3.63, 3.8) is 0 Å². The molecule has 3 aromatic rings. The molecule has 0 saturated heterocycles. The van der Waals surface area contributed by atoms with Crippen LogP contribution in [0.25, 0.3) is 17.3 Å². The largest absolute Gasteiger partial charge is 0.494 e. The standard InChI is InChI=1S/C18H21N3O6/c1-11-8-9-14(27-11)17-19-20-18(26-10-15(22)25-4)21(17)16-12(23-2)6-5-7-13(16)24-3/h5-9,15,22H,10H2,1-4H3. The van der Waals surface area contributed by atoms with Crippen molar-refractivity contribution in [3.8, 4) is 34.8 Å². The number of hydrogen-bond donors (Lipinski definition) is 1. The van der Waals surface area contributed by atoms with Crippen molar-refractivity contribution in [2.24, 2.45) is 0 Å². The highest BCUT2D eigenvalue weighted by molar-refractivity contribution is 5.63. The molecule has 1 unspecified atom stereocenters. The van der Waals surface area contributed by atoms with Gasteiger partial charge in [0.1, 0.15) is 29.6 Å². The summed E-state index contributed by atoms with van der Waals surface area (Å²) in [5.41, 5.74) is 0.540. The van der Waals surface area contributed by atoms with Crippen LogP contribution in [0.4, 0.5) is 0 Å². The van der Waals surface area contributed by atoms with Gasteiger partial charge in [-0.1, -0.05) is 11.2 Å². The highest BCUT2D eigenvalue weighted by atomic mass is 16.6. The molecule has 0 aliphatic rings. The molecule has 2 heterocycles. The lowest BCUT2D eigenvalue weighted by Crippen LogP contribution is -2.20. The van der Waals surface area contributed by atoms with E-state index in [1.54, 1.807) is 43.1 Å². The van der Waals surface area contributed by atoms with Crippen molar-refractivity contribution in [3.05, 3.63) is 36.1 Å². The molecule has 0 amide bonds. The average Bonchev–Trinajstić information content (AvgIpc) is 3.30. The van der Waals surface area contributed by atoms with Gasteiger partial charge in [-0.05, 0) is 31.2 Å². The van der Waals surface area contributed by atoms with Gasteiger partial charge in [0.2, 0.25) is 5.82 Å². The number of furan rings is 1. The van der Waals surface area contributed by atoms with E-state index in [9.17, 15) is 5.11 Å². The first-order valence-corrected chi connectivity index (χ1v) is 8.16. The minimum absolute atomic E-state index is 0.123. The summed E-state index contributed by atoms with van der Waals surface area (Å²) in [6.07, 6.45) is -1.11. The molecule has 3 rings (SSSR count). The van der Waals surface area contributed by atoms with Crippen molar-refractivity contribution < 1.29 is 28.5 Å². The Morgan fingerprint density at radius 3 is 2.33 bits per heavy atom. The quantitative estimate of drug-likeness (QED) is 0.598. The van der Waals surface area contributed by atoms with Gasteiger partial charge in [-0.25, -0.2) is 4.57 Å². The third kappa shape index (κ3) is 3.74. The van der Waals surface area contributed by atoms with E-state index < -0.39 is 6.29 Å². The third-order valence-corrected chi connectivity index (χ3v) is 3.85. The fourth-order valence-electron chi connectivity index (χ4n) is 2.55.